The summed E-state index contributed by atoms with van der Waals surface area (Å²) in [5.41, 5.74) is 7.96. The van der Waals surface area contributed by atoms with Crippen LogP contribution in [0.1, 0.15) is 76.2 Å². The minimum absolute atomic E-state index is 0.0924. The fourth-order valence-corrected chi connectivity index (χ4v) is 6.51. The SMILES string of the molecule is CC(C)c1ccnc(-c2cccc(Oc3ccc4c5ccc(Oc6cccc(-c7cc(C(C)C)ccn7)c6)cc5n(-c5nnc(C(C)C)nn5)c4c3)c2)c1. The molecule has 0 saturated heterocycles. The first-order valence-corrected chi connectivity index (χ1v) is 18.3. The second-order valence-corrected chi connectivity index (χ2v) is 14.4. The van der Waals surface area contributed by atoms with Crippen molar-refractivity contribution in [2.45, 2.75) is 59.3 Å². The van der Waals surface area contributed by atoms with E-state index in [1.165, 1.54) is 11.1 Å². The molecule has 0 N–H and O–H groups in total. The van der Waals surface area contributed by atoms with Crippen molar-refractivity contribution in [2.24, 2.45) is 0 Å². The number of fused-ring (bicyclic) bond motifs is 3. The molecule has 4 heterocycles. The van der Waals surface area contributed by atoms with Crippen molar-refractivity contribution in [1.29, 1.82) is 0 Å². The van der Waals surface area contributed by atoms with Gasteiger partial charge in [0.1, 0.15) is 23.0 Å². The highest BCUT2D eigenvalue weighted by Crippen LogP contribution is 2.38. The Balaban J connectivity index is 1.17. The molecule has 9 nitrogen and oxygen atoms in total. The Morgan fingerprint density at radius 1 is 0.463 bits per heavy atom. The second kappa shape index (κ2) is 14.5. The maximum atomic E-state index is 6.49. The Hall–Kier alpha value is -6.48. The molecule has 0 aliphatic carbocycles. The number of hydrogen-bond acceptors (Lipinski definition) is 8. The molecule has 4 aromatic carbocycles. The van der Waals surface area contributed by atoms with Crippen molar-refractivity contribution in [3.05, 3.63) is 139 Å². The van der Waals surface area contributed by atoms with Crippen molar-refractivity contribution in [3.8, 4) is 51.5 Å². The molecule has 54 heavy (non-hydrogen) atoms. The molecule has 4 aromatic heterocycles. The van der Waals surface area contributed by atoms with Crippen molar-refractivity contribution in [3.63, 3.8) is 0 Å². The molecule has 0 aliphatic rings. The third-order valence-corrected chi connectivity index (χ3v) is 9.54. The lowest BCUT2D eigenvalue weighted by molar-refractivity contribution is 0.483. The minimum atomic E-state index is 0.0924. The zero-order chi connectivity index (χ0) is 37.3. The Kier molecular flexibility index (Phi) is 9.29. The van der Waals surface area contributed by atoms with E-state index in [4.69, 9.17) is 9.47 Å². The summed E-state index contributed by atoms with van der Waals surface area (Å²) in [6, 6.07) is 36.5. The zero-order valence-corrected chi connectivity index (χ0v) is 31.2. The van der Waals surface area contributed by atoms with E-state index in [0.29, 0.717) is 46.6 Å². The van der Waals surface area contributed by atoms with Gasteiger partial charge in [0.2, 0.25) is 0 Å². The molecule has 9 heteroatoms. The summed E-state index contributed by atoms with van der Waals surface area (Å²) in [6.07, 6.45) is 3.73. The van der Waals surface area contributed by atoms with Gasteiger partial charge >= 0.3 is 0 Å². The maximum absolute atomic E-state index is 6.49. The van der Waals surface area contributed by atoms with E-state index in [1.807, 2.05) is 91.5 Å². The van der Waals surface area contributed by atoms with Gasteiger partial charge in [0.15, 0.2) is 5.82 Å². The van der Waals surface area contributed by atoms with Crippen molar-refractivity contribution >= 4 is 21.8 Å². The van der Waals surface area contributed by atoms with Crippen molar-refractivity contribution in [2.75, 3.05) is 0 Å². The highest BCUT2D eigenvalue weighted by atomic mass is 16.5. The fraction of sp³-hybridized carbons (Fsp3) is 0.200. The van der Waals surface area contributed by atoms with Crippen LogP contribution in [-0.2, 0) is 0 Å². The number of ether oxygens (including phenoxy) is 2. The van der Waals surface area contributed by atoms with E-state index in [2.05, 4.69) is 107 Å². The largest absolute Gasteiger partial charge is 0.457 e. The van der Waals surface area contributed by atoms with E-state index >= 15 is 0 Å². The third-order valence-electron chi connectivity index (χ3n) is 9.54. The lowest BCUT2D eigenvalue weighted by atomic mass is 10.0. The van der Waals surface area contributed by atoms with E-state index in [1.54, 1.807) is 0 Å². The predicted molar refractivity (Wildman–Crippen MR) is 214 cm³/mol. The molecule has 0 radical (unpaired) electrons. The normalized spacial score (nSPS) is 11.6. The van der Waals surface area contributed by atoms with Gasteiger partial charge in [0, 0.05) is 52.3 Å². The molecule has 8 rings (SSSR count). The summed E-state index contributed by atoms with van der Waals surface area (Å²) in [4.78, 5) is 9.26. The number of rotatable bonds is 10. The van der Waals surface area contributed by atoms with E-state index < -0.39 is 0 Å². The fourth-order valence-electron chi connectivity index (χ4n) is 6.51. The van der Waals surface area contributed by atoms with Gasteiger partial charge in [-0.25, -0.2) is 0 Å². The Bertz CT molecular complexity index is 2460. The van der Waals surface area contributed by atoms with Gasteiger partial charge in [-0.1, -0.05) is 65.8 Å². The topological polar surface area (TPSA) is 101 Å². The zero-order valence-electron chi connectivity index (χ0n) is 31.2. The molecule has 268 valence electrons. The van der Waals surface area contributed by atoms with Crippen LogP contribution < -0.4 is 9.47 Å². The van der Waals surface area contributed by atoms with Crippen LogP contribution in [0.15, 0.2) is 122 Å². The summed E-state index contributed by atoms with van der Waals surface area (Å²) in [6.45, 7) is 12.8. The maximum Gasteiger partial charge on any atom is 0.273 e. The summed E-state index contributed by atoms with van der Waals surface area (Å²) >= 11 is 0. The van der Waals surface area contributed by atoms with Crippen molar-refractivity contribution < 1.29 is 9.47 Å². The Morgan fingerprint density at radius 2 is 0.926 bits per heavy atom. The Labute approximate surface area is 314 Å². The van der Waals surface area contributed by atoms with Gasteiger partial charge < -0.3 is 9.47 Å². The molecule has 0 spiro atoms. The first-order valence-electron chi connectivity index (χ1n) is 18.3. The molecule has 0 amide bonds. The van der Waals surface area contributed by atoms with E-state index in [-0.39, 0.29) is 5.92 Å². The highest BCUT2D eigenvalue weighted by molar-refractivity contribution is 6.09. The molecule has 0 bridgehead atoms. The average molecular weight is 712 g/mol. The summed E-state index contributed by atoms with van der Waals surface area (Å²) in [5.74, 6) is 4.57. The van der Waals surface area contributed by atoms with E-state index in [0.717, 1.165) is 44.3 Å². The van der Waals surface area contributed by atoms with Gasteiger partial charge in [0.25, 0.3) is 5.95 Å². The smallest absolute Gasteiger partial charge is 0.273 e. The molecular formula is C45H41N7O2. The minimum Gasteiger partial charge on any atom is -0.457 e. The average Bonchev–Trinajstić information content (AvgIpc) is 3.51. The summed E-state index contributed by atoms with van der Waals surface area (Å²) < 4.78 is 14.9. The molecule has 0 atom stereocenters. The number of hydrogen-bond donors (Lipinski definition) is 0. The van der Waals surface area contributed by atoms with Gasteiger partial charge in [-0.3, -0.25) is 14.5 Å². The molecule has 8 aromatic rings. The number of aromatic nitrogens is 7. The highest BCUT2D eigenvalue weighted by Gasteiger charge is 2.18. The van der Waals surface area contributed by atoms with Crippen LogP contribution in [0.5, 0.6) is 23.0 Å². The molecule has 0 unspecified atom stereocenters. The van der Waals surface area contributed by atoms with Crippen LogP contribution >= 0.6 is 0 Å². The lowest BCUT2D eigenvalue weighted by Gasteiger charge is -2.11. The standard InChI is InChI=1S/C45H41N7O2/c1-27(2)30-17-19-46-40(23-30)32-9-7-11-34(21-32)53-36-13-15-38-39-16-14-37(26-43(39)52(42(38)25-36)45-50-48-44(29(5)6)49-51-45)54-35-12-8-10-33(22-35)41-24-31(28(3)4)18-20-47-41/h7-29H,1-6H3. The molecule has 0 fully saturated rings. The van der Waals surface area contributed by atoms with Gasteiger partial charge in [-0.05, 0) is 95.8 Å². The van der Waals surface area contributed by atoms with Crippen LogP contribution in [-0.4, -0.2) is 34.9 Å². The summed E-state index contributed by atoms with van der Waals surface area (Å²) in [7, 11) is 0. The second-order valence-electron chi connectivity index (χ2n) is 14.4. The Morgan fingerprint density at radius 3 is 1.37 bits per heavy atom. The first kappa shape index (κ1) is 34.6. The first-order chi connectivity index (χ1) is 26.2. The van der Waals surface area contributed by atoms with Crippen LogP contribution in [0.3, 0.4) is 0 Å². The number of pyridine rings is 2. The number of nitrogens with zero attached hydrogens (tertiary/aromatic N) is 7. The van der Waals surface area contributed by atoms with E-state index in [9.17, 15) is 0 Å². The quantitative estimate of drug-likeness (QED) is 0.138. The molecule has 0 aliphatic heterocycles. The van der Waals surface area contributed by atoms with Crippen LogP contribution in [0.25, 0.3) is 50.3 Å². The van der Waals surface area contributed by atoms with Gasteiger partial charge in [-0.2, -0.15) is 0 Å². The van der Waals surface area contributed by atoms with Crippen LogP contribution in [0.2, 0.25) is 0 Å². The molecular weight excluding hydrogens is 671 g/mol. The van der Waals surface area contributed by atoms with Gasteiger partial charge in [0.05, 0.1) is 22.4 Å². The van der Waals surface area contributed by atoms with Crippen LogP contribution in [0.4, 0.5) is 0 Å². The van der Waals surface area contributed by atoms with Crippen LogP contribution in [0, 0.1) is 0 Å². The lowest BCUT2D eigenvalue weighted by Crippen LogP contribution is -2.09. The predicted octanol–water partition coefficient (Wildman–Crippen LogP) is 11.4. The van der Waals surface area contributed by atoms with Crippen molar-refractivity contribution in [1.82, 2.24) is 34.9 Å². The monoisotopic (exact) mass is 711 g/mol. The third kappa shape index (κ3) is 7.00. The summed E-state index contributed by atoms with van der Waals surface area (Å²) in [5, 5.41) is 19.9. The molecule has 0 saturated carbocycles. The number of benzene rings is 4. The van der Waals surface area contributed by atoms with Gasteiger partial charge in [-0.15, -0.1) is 20.4 Å².